The zero-order chi connectivity index (χ0) is 21.4. The number of hydrogen-bond acceptors (Lipinski definition) is 0. The molecule has 6 unspecified atom stereocenters. The van der Waals surface area contributed by atoms with Gasteiger partial charge < -0.3 is 13.4 Å². The monoisotopic (exact) mass is 408 g/mol. The quantitative estimate of drug-likeness (QED) is 0.524. The van der Waals surface area contributed by atoms with E-state index >= 15 is 0 Å². The van der Waals surface area contributed by atoms with Gasteiger partial charge in [0.1, 0.15) is 0 Å². The molecule has 0 bridgehead atoms. The van der Waals surface area contributed by atoms with Crippen LogP contribution in [-0.4, -0.2) is 95.0 Å². The van der Waals surface area contributed by atoms with Crippen molar-refractivity contribution in [3.05, 3.63) is 0 Å². The minimum atomic E-state index is 0.969. The molecule has 3 saturated heterocycles. The van der Waals surface area contributed by atoms with Crippen LogP contribution in [0.2, 0.25) is 0 Å². The second kappa shape index (κ2) is 8.79. The van der Waals surface area contributed by atoms with E-state index in [1.165, 1.54) is 91.2 Å². The van der Waals surface area contributed by atoms with E-state index in [-0.39, 0.29) is 0 Å². The van der Waals surface area contributed by atoms with Gasteiger partial charge in [-0.2, -0.15) is 0 Å². The fourth-order valence-electron chi connectivity index (χ4n) is 8.02. The molecule has 3 fully saturated rings. The van der Waals surface area contributed by atoms with Gasteiger partial charge in [-0.05, 0) is 38.5 Å². The normalized spacial score (nSPS) is 40.6. The molecule has 0 spiro atoms. The lowest BCUT2D eigenvalue weighted by atomic mass is 9.80. The van der Waals surface area contributed by atoms with Gasteiger partial charge in [0.15, 0.2) is 0 Å². The molecule has 0 saturated carbocycles. The standard InChI is InChI=1S/C26H54N3/c1-9-21-15-27(3,4)17-23(21)11-13-25-19-29(7,8)20-26(25)14-12-24-18-28(5,6)16-22(24)10-2/h21-26H,9-20H2,1-8H3/q+3. The Balaban J connectivity index is 1.55. The Labute approximate surface area is 183 Å². The third-order valence-electron chi connectivity index (χ3n) is 9.24. The molecular formula is C26H54N3+3. The van der Waals surface area contributed by atoms with E-state index in [0.717, 1.165) is 35.5 Å². The minimum Gasteiger partial charge on any atom is -0.328 e. The maximum absolute atomic E-state index is 2.49. The van der Waals surface area contributed by atoms with E-state index in [4.69, 9.17) is 0 Å². The summed E-state index contributed by atoms with van der Waals surface area (Å²) in [4.78, 5) is 0. The predicted octanol–water partition coefficient (Wildman–Crippen LogP) is 4.33. The summed E-state index contributed by atoms with van der Waals surface area (Å²) in [5.41, 5.74) is 0. The summed E-state index contributed by atoms with van der Waals surface area (Å²) < 4.78 is 3.78. The van der Waals surface area contributed by atoms with Crippen LogP contribution in [0.15, 0.2) is 0 Å². The van der Waals surface area contributed by atoms with Gasteiger partial charge in [0.2, 0.25) is 0 Å². The molecule has 0 radical (unpaired) electrons. The Morgan fingerprint density at radius 3 is 0.862 bits per heavy atom. The number of nitrogens with zero attached hydrogens (tertiary/aromatic N) is 3. The molecule has 0 aromatic rings. The third-order valence-corrected chi connectivity index (χ3v) is 9.24. The summed E-state index contributed by atoms with van der Waals surface area (Å²) in [5.74, 6) is 5.84. The third kappa shape index (κ3) is 5.98. The number of hydrogen-bond donors (Lipinski definition) is 0. The summed E-state index contributed by atoms with van der Waals surface area (Å²) in [6.45, 7) is 13.4. The summed E-state index contributed by atoms with van der Waals surface area (Å²) in [7, 11) is 14.8. The van der Waals surface area contributed by atoms with Gasteiger partial charge in [-0.1, -0.05) is 13.8 Å². The van der Waals surface area contributed by atoms with Crippen molar-refractivity contribution in [3.63, 3.8) is 0 Å². The molecule has 3 aliphatic heterocycles. The van der Waals surface area contributed by atoms with E-state index in [9.17, 15) is 0 Å². The second-order valence-electron chi connectivity index (χ2n) is 13.4. The zero-order valence-electron chi connectivity index (χ0n) is 21.3. The smallest absolute Gasteiger partial charge is 0.0816 e. The Morgan fingerprint density at radius 2 is 0.621 bits per heavy atom. The van der Waals surface area contributed by atoms with Gasteiger partial charge in [-0.25, -0.2) is 0 Å². The van der Waals surface area contributed by atoms with Crippen molar-refractivity contribution in [2.45, 2.75) is 52.4 Å². The average Bonchev–Trinajstić information content (AvgIpc) is 3.19. The highest BCUT2D eigenvalue weighted by Gasteiger charge is 2.44. The van der Waals surface area contributed by atoms with Crippen molar-refractivity contribution < 1.29 is 13.4 Å². The van der Waals surface area contributed by atoms with Crippen LogP contribution < -0.4 is 0 Å². The predicted molar refractivity (Wildman–Crippen MR) is 126 cm³/mol. The Bertz CT molecular complexity index is 492. The van der Waals surface area contributed by atoms with E-state index in [1.807, 2.05) is 0 Å². The highest BCUT2D eigenvalue weighted by molar-refractivity contribution is 4.83. The fourth-order valence-corrected chi connectivity index (χ4v) is 8.02. The largest absolute Gasteiger partial charge is 0.328 e. The second-order valence-corrected chi connectivity index (χ2v) is 13.4. The molecule has 0 amide bonds. The summed E-state index contributed by atoms with van der Waals surface area (Å²) in [6.07, 6.45) is 8.75. The van der Waals surface area contributed by atoms with Crippen LogP contribution in [0.1, 0.15) is 52.4 Å². The first-order chi connectivity index (χ1) is 13.4. The molecule has 3 aliphatic rings. The first-order valence-electron chi connectivity index (χ1n) is 12.9. The van der Waals surface area contributed by atoms with Crippen LogP contribution in [-0.2, 0) is 0 Å². The van der Waals surface area contributed by atoms with Crippen molar-refractivity contribution in [1.82, 2.24) is 0 Å². The van der Waals surface area contributed by atoms with Gasteiger partial charge >= 0.3 is 0 Å². The first-order valence-corrected chi connectivity index (χ1v) is 12.9. The minimum absolute atomic E-state index is 0.969. The van der Waals surface area contributed by atoms with Crippen molar-refractivity contribution in [2.24, 2.45) is 35.5 Å². The summed E-state index contributed by atoms with van der Waals surface area (Å²) >= 11 is 0. The molecule has 3 rings (SSSR count). The maximum Gasteiger partial charge on any atom is 0.0816 e. The molecule has 3 heterocycles. The Kier molecular flexibility index (Phi) is 7.13. The fraction of sp³-hybridized carbons (Fsp3) is 1.00. The van der Waals surface area contributed by atoms with Gasteiger partial charge in [-0.15, -0.1) is 0 Å². The first kappa shape index (κ1) is 23.5. The molecule has 0 aromatic carbocycles. The van der Waals surface area contributed by atoms with Gasteiger partial charge in [0.05, 0.1) is 81.6 Å². The van der Waals surface area contributed by atoms with Crippen LogP contribution in [0.25, 0.3) is 0 Å². The topological polar surface area (TPSA) is 0 Å². The lowest BCUT2D eigenvalue weighted by molar-refractivity contribution is -0.881. The SMILES string of the molecule is CCC1C[N+](C)(C)CC1CCC1C[N+](C)(C)CC1CCC1C[N+](C)(C)CC1CC. The molecule has 3 nitrogen and oxygen atoms in total. The van der Waals surface area contributed by atoms with Crippen LogP contribution in [0.5, 0.6) is 0 Å². The van der Waals surface area contributed by atoms with Gasteiger partial charge in [0.25, 0.3) is 0 Å². The van der Waals surface area contributed by atoms with Crippen LogP contribution in [0.3, 0.4) is 0 Å². The van der Waals surface area contributed by atoms with Gasteiger partial charge in [-0.3, -0.25) is 0 Å². The van der Waals surface area contributed by atoms with Crippen molar-refractivity contribution in [3.8, 4) is 0 Å². The number of likely N-dealkylation sites (tertiary alicyclic amines) is 3. The lowest BCUT2D eigenvalue weighted by Crippen LogP contribution is -2.37. The highest BCUT2D eigenvalue weighted by Crippen LogP contribution is 2.40. The van der Waals surface area contributed by atoms with E-state index in [1.54, 1.807) is 0 Å². The molecule has 0 aliphatic carbocycles. The highest BCUT2D eigenvalue weighted by atomic mass is 15.3. The molecule has 29 heavy (non-hydrogen) atoms. The van der Waals surface area contributed by atoms with Crippen molar-refractivity contribution in [1.29, 1.82) is 0 Å². The van der Waals surface area contributed by atoms with Crippen molar-refractivity contribution in [2.75, 3.05) is 81.6 Å². The van der Waals surface area contributed by atoms with Gasteiger partial charge in [0, 0.05) is 35.5 Å². The molecule has 0 N–H and O–H groups in total. The molecule has 3 heteroatoms. The summed E-state index contributed by atoms with van der Waals surface area (Å²) in [5, 5.41) is 0. The van der Waals surface area contributed by atoms with Crippen LogP contribution >= 0.6 is 0 Å². The molecule has 6 atom stereocenters. The number of quaternary nitrogens is 3. The van der Waals surface area contributed by atoms with E-state index < -0.39 is 0 Å². The number of rotatable bonds is 8. The maximum atomic E-state index is 2.49. The molecule has 170 valence electrons. The van der Waals surface area contributed by atoms with E-state index in [2.05, 4.69) is 56.1 Å². The Morgan fingerprint density at radius 1 is 0.414 bits per heavy atom. The zero-order valence-corrected chi connectivity index (χ0v) is 21.3. The van der Waals surface area contributed by atoms with Crippen molar-refractivity contribution >= 4 is 0 Å². The van der Waals surface area contributed by atoms with E-state index in [0.29, 0.717) is 0 Å². The molecule has 0 aromatic heterocycles. The average molecular weight is 409 g/mol. The van der Waals surface area contributed by atoms with Crippen LogP contribution in [0.4, 0.5) is 0 Å². The summed E-state index contributed by atoms with van der Waals surface area (Å²) in [6, 6.07) is 0. The lowest BCUT2D eigenvalue weighted by Gasteiger charge is -2.24. The van der Waals surface area contributed by atoms with Crippen LogP contribution in [0, 0.1) is 35.5 Å². The molecular weight excluding hydrogens is 354 g/mol. The Hall–Kier alpha value is -0.120.